The molecule has 1 atom stereocenters. The fourth-order valence-corrected chi connectivity index (χ4v) is 5.18. The second kappa shape index (κ2) is 8.08. The van der Waals surface area contributed by atoms with Gasteiger partial charge in [-0.1, -0.05) is 17.7 Å². The van der Waals surface area contributed by atoms with Crippen LogP contribution in [-0.4, -0.2) is 44.2 Å². The molecule has 2 aromatic rings. The number of benzene rings is 2. The monoisotopic (exact) mass is 429 g/mol. The summed E-state index contributed by atoms with van der Waals surface area (Å²) in [6.07, 6.45) is 1.22. The molecule has 9 heteroatoms. The number of amides is 2. The van der Waals surface area contributed by atoms with Gasteiger partial charge in [0, 0.05) is 18.8 Å². The van der Waals surface area contributed by atoms with E-state index in [-0.39, 0.29) is 29.9 Å². The third kappa shape index (κ3) is 4.17. The van der Waals surface area contributed by atoms with E-state index in [2.05, 4.69) is 10.6 Å². The number of sulfonamides is 1. The molecule has 2 N–H and O–H groups in total. The van der Waals surface area contributed by atoms with E-state index in [9.17, 15) is 18.0 Å². The highest BCUT2D eigenvalue weighted by atomic mass is 32.2. The quantitative estimate of drug-likeness (QED) is 0.776. The molecule has 0 aromatic heterocycles. The molecule has 4 rings (SSSR count). The first-order valence-electron chi connectivity index (χ1n) is 9.77. The Balaban J connectivity index is 1.49. The Labute approximate surface area is 175 Å². The second-order valence-electron chi connectivity index (χ2n) is 7.55. The molecule has 2 aliphatic rings. The van der Waals surface area contributed by atoms with Crippen molar-refractivity contribution >= 4 is 33.2 Å². The molecule has 2 aromatic carbocycles. The van der Waals surface area contributed by atoms with Crippen LogP contribution >= 0.6 is 0 Å². The van der Waals surface area contributed by atoms with Crippen LogP contribution in [0.3, 0.4) is 0 Å². The van der Waals surface area contributed by atoms with Crippen LogP contribution < -0.4 is 15.4 Å². The maximum Gasteiger partial charge on any atom is 0.262 e. The minimum Gasteiger partial charge on any atom is -0.482 e. The topological polar surface area (TPSA) is 105 Å². The zero-order chi connectivity index (χ0) is 21.3. The van der Waals surface area contributed by atoms with E-state index in [4.69, 9.17) is 4.74 Å². The van der Waals surface area contributed by atoms with Gasteiger partial charge in [0.1, 0.15) is 5.75 Å². The van der Waals surface area contributed by atoms with Crippen LogP contribution in [0.2, 0.25) is 0 Å². The molecule has 2 amide bonds. The summed E-state index contributed by atoms with van der Waals surface area (Å²) in [5, 5.41) is 5.49. The number of aryl methyl sites for hydroxylation is 1. The molecule has 8 nitrogen and oxygen atoms in total. The van der Waals surface area contributed by atoms with E-state index in [0.29, 0.717) is 36.5 Å². The highest BCUT2D eigenvalue weighted by molar-refractivity contribution is 7.89. The van der Waals surface area contributed by atoms with Gasteiger partial charge >= 0.3 is 0 Å². The summed E-state index contributed by atoms with van der Waals surface area (Å²) in [5.74, 6) is -0.522. The Morgan fingerprint density at radius 1 is 1.20 bits per heavy atom. The van der Waals surface area contributed by atoms with Gasteiger partial charge in [-0.15, -0.1) is 0 Å². The number of rotatable bonds is 4. The van der Waals surface area contributed by atoms with E-state index >= 15 is 0 Å². The van der Waals surface area contributed by atoms with E-state index in [1.54, 1.807) is 0 Å². The lowest BCUT2D eigenvalue weighted by Crippen LogP contribution is -2.43. The number of hydrogen-bond acceptors (Lipinski definition) is 5. The molecule has 0 spiro atoms. The van der Waals surface area contributed by atoms with Gasteiger partial charge in [0.15, 0.2) is 6.61 Å². The van der Waals surface area contributed by atoms with Crippen LogP contribution in [-0.2, 0) is 19.6 Å². The Kier molecular flexibility index (Phi) is 5.48. The van der Waals surface area contributed by atoms with Crippen molar-refractivity contribution < 1.29 is 22.7 Å². The number of nitrogens with zero attached hydrogens (tertiary/aromatic N) is 1. The fourth-order valence-electron chi connectivity index (χ4n) is 3.63. The van der Waals surface area contributed by atoms with E-state index in [1.807, 2.05) is 31.2 Å². The lowest BCUT2D eigenvalue weighted by Gasteiger charge is -2.31. The summed E-state index contributed by atoms with van der Waals surface area (Å²) < 4.78 is 32.9. The van der Waals surface area contributed by atoms with Crippen LogP contribution in [0.1, 0.15) is 18.4 Å². The molecule has 0 bridgehead atoms. The zero-order valence-electron chi connectivity index (χ0n) is 16.6. The lowest BCUT2D eigenvalue weighted by atomic mass is 9.98. The van der Waals surface area contributed by atoms with Crippen molar-refractivity contribution in [3.63, 3.8) is 0 Å². The minimum atomic E-state index is -3.81. The molecule has 2 aliphatic heterocycles. The van der Waals surface area contributed by atoms with Crippen molar-refractivity contribution in [1.29, 1.82) is 0 Å². The molecule has 1 saturated heterocycles. The molecular formula is C21H23N3O5S. The predicted octanol–water partition coefficient (Wildman–Crippen LogP) is 2.37. The normalized spacial score (nSPS) is 19.4. The molecule has 0 radical (unpaired) electrons. The smallest absolute Gasteiger partial charge is 0.262 e. The molecular weight excluding hydrogens is 406 g/mol. The summed E-state index contributed by atoms with van der Waals surface area (Å²) in [5.41, 5.74) is 2.11. The number of nitrogens with one attached hydrogen (secondary N) is 2. The van der Waals surface area contributed by atoms with Crippen molar-refractivity contribution in [2.75, 3.05) is 30.3 Å². The van der Waals surface area contributed by atoms with Gasteiger partial charge < -0.3 is 15.4 Å². The van der Waals surface area contributed by atoms with E-state index in [0.717, 1.165) is 5.56 Å². The van der Waals surface area contributed by atoms with Crippen LogP contribution in [0, 0.1) is 12.8 Å². The lowest BCUT2D eigenvalue weighted by molar-refractivity contribution is -0.121. The standard InChI is InChI=1S/C21H23N3O5S/c1-14-4-6-16(7-5-14)22-21(26)15-3-2-10-24(12-15)30(27,28)17-8-9-19-18(11-17)23-20(25)13-29-19/h4-9,11,15H,2-3,10,12-13H2,1H3,(H,22,26)(H,23,25)/t15-/m1/s1. The summed E-state index contributed by atoms with van der Waals surface area (Å²) >= 11 is 0. The highest BCUT2D eigenvalue weighted by Crippen LogP contribution is 2.32. The van der Waals surface area contributed by atoms with Gasteiger partial charge in [0.2, 0.25) is 15.9 Å². The summed E-state index contributed by atoms with van der Waals surface area (Å²) in [4.78, 5) is 24.3. The summed E-state index contributed by atoms with van der Waals surface area (Å²) in [7, 11) is -3.81. The highest BCUT2D eigenvalue weighted by Gasteiger charge is 2.34. The van der Waals surface area contributed by atoms with Gasteiger partial charge in [-0.3, -0.25) is 9.59 Å². The van der Waals surface area contributed by atoms with Gasteiger partial charge in [-0.05, 0) is 50.1 Å². The molecule has 30 heavy (non-hydrogen) atoms. The maximum atomic E-state index is 13.2. The zero-order valence-corrected chi connectivity index (χ0v) is 17.4. The third-order valence-electron chi connectivity index (χ3n) is 5.30. The molecule has 0 unspecified atom stereocenters. The number of carbonyl (C=O) groups excluding carboxylic acids is 2. The van der Waals surface area contributed by atoms with Gasteiger partial charge in [0.25, 0.3) is 5.91 Å². The average molecular weight is 429 g/mol. The van der Waals surface area contributed by atoms with Crippen molar-refractivity contribution in [1.82, 2.24) is 4.31 Å². The number of ether oxygens (including phenoxy) is 1. The molecule has 158 valence electrons. The Hall–Kier alpha value is -2.91. The maximum absolute atomic E-state index is 13.2. The number of hydrogen-bond donors (Lipinski definition) is 2. The van der Waals surface area contributed by atoms with Gasteiger partial charge in [0.05, 0.1) is 16.5 Å². The third-order valence-corrected chi connectivity index (χ3v) is 7.16. The molecule has 1 fully saturated rings. The van der Waals surface area contributed by atoms with Crippen molar-refractivity contribution in [3.8, 4) is 5.75 Å². The van der Waals surface area contributed by atoms with Crippen molar-refractivity contribution in [3.05, 3.63) is 48.0 Å². The van der Waals surface area contributed by atoms with E-state index < -0.39 is 15.9 Å². The average Bonchev–Trinajstić information content (AvgIpc) is 2.75. The predicted molar refractivity (Wildman–Crippen MR) is 112 cm³/mol. The van der Waals surface area contributed by atoms with Crippen molar-refractivity contribution in [2.45, 2.75) is 24.7 Å². The second-order valence-corrected chi connectivity index (χ2v) is 9.49. The van der Waals surface area contributed by atoms with E-state index in [1.165, 1.54) is 22.5 Å². The Morgan fingerprint density at radius 3 is 2.73 bits per heavy atom. The van der Waals surface area contributed by atoms with Crippen LogP contribution in [0.25, 0.3) is 0 Å². The summed E-state index contributed by atoms with van der Waals surface area (Å²) in [6, 6.07) is 11.9. The number of piperidine rings is 1. The first kappa shape index (κ1) is 20.4. The first-order chi connectivity index (χ1) is 14.3. The number of fused-ring (bicyclic) bond motifs is 1. The fraction of sp³-hybridized carbons (Fsp3) is 0.333. The summed E-state index contributed by atoms with van der Waals surface area (Å²) in [6.45, 7) is 2.33. The van der Waals surface area contributed by atoms with Gasteiger partial charge in [-0.2, -0.15) is 4.31 Å². The van der Waals surface area contributed by atoms with Crippen LogP contribution in [0.15, 0.2) is 47.4 Å². The number of carbonyl (C=O) groups is 2. The SMILES string of the molecule is Cc1ccc(NC(=O)[C@@H]2CCCN(S(=O)(=O)c3ccc4c(c3)NC(=O)CO4)C2)cc1. The molecule has 0 aliphatic carbocycles. The van der Waals surface area contributed by atoms with Crippen molar-refractivity contribution in [2.24, 2.45) is 5.92 Å². The van der Waals surface area contributed by atoms with Crippen LogP contribution in [0.5, 0.6) is 5.75 Å². The largest absolute Gasteiger partial charge is 0.482 e. The minimum absolute atomic E-state index is 0.0617. The van der Waals surface area contributed by atoms with Gasteiger partial charge in [-0.25, -0.2) is 8.42 Å². The first-order valence-corrected chi connectivity index (χ1v) is 11.2. The number of anilines is 2. The molecule has 2 heterocycles. The molecule has 0 saturated carbocycles. The van der Waals surface area contributed by atoms with Crippen LogP contribution in [0.4, 0.5) is 11.4 Å². The Bertz CT molecular complexity index is 1080. The Morgan fingerprint density at radius 2 is 1.97 bits per heavy atom.